The lowest BCUT2D eigenvalue weighted by molar-refractivity contribution is -0.138. The minimum absolute atomic E-state index is 0.0281. The van der Waals surface area contributed by atoms with E-state index in [-0.39, 0.29) is 12.3 Å². The fourth-order valence-corrected chi connectivity index (χ4v) is 1.06. The first-order chi connectivity index (χ1) is 7.67. The predicted octanol–water partition coefficient (Wildman–Crippen LogP) is 0.993. The second-order valence-electron chi connectivity index (χ2n) is 2.98. The van der Waals surface area contributed by atoms with Gasteiger partial charge in [0.15, 0.2) is 11.5 Å². The summed E-state index contributed by atoms with van der Waals surface area (Å²) in [4.78, 5) is 14.7. The number of hydrogen-bond acceptors (Lipinski definition) is 5. The van der Waals surface area contributed by atoms with Crippen LogP contribution in [0.4, 0.5) is 0 Å². The molecule has 0 aliphatic rings. The van der Waals surface area contributed by atoms with Crippen molar-refractivity contribution >= 4 is 12.2 Å². The Morgan fingerprint density at radius 2 is 2.25 bits per heavy atom. The number of phenols is 1. The number of phenolic OH excluding ortho intramolecular Hbond substituents is 1. The van der Waals surface area contributed by atoms with Crippen LogP contribution in [0.15, 0.2) is 23.2 Å². The number of aromatic hydroxyl groups is 1. The maximum absolute atomic E-state index is 10.8. The molecule has 0 aliphatic heterocycles. The van der Waals surface area contributed by atoms with E-state index < -0.39 is 5.97 Å². The molecule has 0 saturated carbocycles. The summed E-state index contributed by atoms with van der Waals surface area (Å²) in [5, 5.41) is 9.34. The number of ether oxygens (including phenoxy) is 2. The second-order valence-corrected chi connectivity index (χ2v) is 2.98. The van der Waals surface area contributed by atoms with Gasteiger partial charge in [0.05, 0.1) is 14.2 Å². The van der Waals surface area contributed by atoms with Gasteiger partial charge in [-0.1, -0.05) is 0 Å². The summed E-state index contributed by atoms with van der Waals surface area (Å²) in [7, 11) is 2.77. The van der Waals surface area contributed by atoms with E-state index in [0.717, 1.165) is 5.56 Å². The lowest BCUT2D eigenvalue weighted by Gasteiger charge is -2.03. The zero-order chi connectivity index (χ0) is 12.0. The van der Waals surface area contributed by atoms with Gasteiger partial charge in [0.1, 0.15) is 6.54 Å². The summed E-state index contributed by atoms with van der Waals surface area (Å²) in [5.41, 5.74) is 0.735. The van der Waals surface area contributed by atoms with E-state index in [1.807, 2.05) is 0 Å². The maximum atomic E-state index is 10.8. The fourth-order valence-electron chi connectivity index (χ4n) is 1.06. The van der Waals surface area contributed by atoms with Crippen molar-refractivity contribution in [1.82, 2.24) is 0 Å². The summed E-state index contributed by atoms with van der Waals surface area (Å²) in [5.74, 6) is 0.0247. The van der Waals surface area contributed by atoms with Gasteiger partial charge >= 0.3 is 5.97 Å². The number of esters is 1. The van der Waals surface area contributed by atoms with Crippen LogP contribution in [0, 0.1) is 0 Å². The van der Waals surface area contributed by atoms with Gasteiger partial charge in [-0.3, -0.25) is 9.79 Å². The number of carbonyl (C=O) groups excluding carboxylic acids is 1. The van der Waals surface area contributed by atoms with Crippen molar-refractivity contribution in [3.63, 3.8) is 0 Å². The topological polar surface area (TPSA) is 68.1 Å². The highest BCUT2D eigenvalue weighted by Crippen LogP contribution is 2.25. The molecular weight excluding hydrogens is 210 g/mol. The minimum atomic E-state index is -0.401. The standard InChI is InChI=1S/C11H13NO4/c1-15-10-5-8(3-4-9(10)13)6-12-7-11(14)16-2/h3-6,13H,7H2,1-2H3. The van der Waals surface area contributed by atoms with Crippen LogP contribution in [-0.4, -0.2) is 38.1 Å². The fraction of sp³-hybridized carbons (Fsp3) is 0.273. The monoisotopic (exact) mass is 223 g/mol. The molecule has 1 aromatic rings. The molecule has 0 radical (unpaired) electrons. The summed E-state index contributed by atoms with van der Waals surface area (Å²) >= 11 is 0. The molecule has 16 heavy (non-hydrogen) atoms. The van der Waals surface area contributed by atoms with E-state index in [1.165, 1.54) is 26.5 Å². The molecule has 0 amide bonds. The van der Waals surface area contributed by atoms with E-state index in [0.29, 0.717) is 5.75 Å². The van der Waals surface area contributed by atoms with E-state index in [4.69, 9.17) is 4.74 Å². The van der Waals surface area contributed by atoms with E-state index in [2.05, 4.69) is 9.73 Å². The smallest absolute Gasteiger partial charge is 0.327 e. The molecule has 5 heteroatoms. The lowest BCUT2D eigenvalue weighted by Crippen LogP contribution is -2.04. The Morgan fingerprint density at radius 3 is 2.88 bits per heavy atom. The first-order valence-corrected chi connectivity index (χ1v) is 4.61. The van der Waals surface area contributed by atoms with Crippen molar-refractivity contribution in [3.8, 4) is 11.5 Å². The van der Waals surface area contributed by atoms with Gasteiger partial charge in [0.25, 0.3) is 0 Å². The molecule has 0 fully saturated rings. The lowest BCUT2D eigenvalue weighted by atomic mass is 10.2. The second kappa shape index (κ2) is 5.75. The third kappa shape index (κ3) is 3.27. The summed E-state index contributed by atoms with van der Waals surface area (Å²) in [6, 6.07) is 4.78. The number of hydrogen-bond donors (Lipinski definition) is 1. The molecule has 0 aromatic heterocycles. The number of benzene rings is 1. The van der Waals surface area contributed by atoms with Gasteiger partial charge in [-0.25, -0.2) is 0 Å². The molecule has 0 heterocycles. The van der Waals surface area contributed by atoms with Crippen LogP contribution in [0.1, 0.15) is 5.56 Å². The Labute approximate surface area is 93.3 Å². The van der Waals surface area contributed by atoms with E-state index in [1.54, 1.807) is 12.1 Å². The van der Waals surface area contributed by atoms with Crippen LogP contribution in [0.5, 0.6) is 11.5 Å². The number of rotatable bonds is 4. The van der Waals surface area contributed by atoms with Gasteiger partial charge in [0.2, 0.25) is 0 Å². The van der Waals surface area contributed by atoms with Crippen LogP contribution in [0.25, 0.3) is 0 Å². The van der Waals surface area contributed by atoms with Gasteiger partial charge in [-0.05, 0) is 23.8 Å². The summed E-state index contributed by atoms with van der Waals surface area (Å²) in [6.07, 6.45) is 1.51. The van der Waals surface area contributed by atoms with Crippen molar-refractivity contribution in [3.05, 3.63) is 23.8 Å². The van der Waals surface area contributed by atoms with Gasteiger partial charge in [0, 0.05) is 6.21 Å². The molecule has 1 N–H and O–H groups in total. The molecule has 0 bridgehead atoms. The number of nitrogens with zero attached hydrogens (tertiary/aromatic N) is 1. The third-order valence-electron chi connectivity index (χ3n) is 1.89. The highest BCUT2D eigenvalue weighted by atomic mass is 16.5. The Hall–Kier alpha value is -2.04. The quantitative estimate of drug-likeness (QED) is 0.610. The Balaban J connectivity index is 2.70. The molecule has 5 nitrogen and oxygen atoms in total. The molecule has 0 unspecified atom stereocenters. The van der Waals surface area contributed by atoms with Crippen molar-refractivity contribution in [2.45, 2.75) is 0 Å². The first-order valence-electron chi connectivity index (χ1n) is 4.61. The van der Waals surface area contributed by atoms with E-state index in [9.17, 15) is 9.90 Å². The molecule has 0 atom stereocenters. The average Bonchev–Trinajstić information content (AvgIpc) is 2.31. The molecule has 1 rings (SSSR count). The normalized spacial score (nSPS) is 10.4. The Kier molecular flexibility index (Phi) is 4.32. The molecule has 0 spiro atoms. The van der Waals surface area contributed by atoms with Crippen molar-refractivity contribution in [2.24, 2.45) is 4.99 Å². The average molecular weight is 223 g/mol. The molecule has 0 aliphatic carbocycles. The zero-order valence-electron chi connectivity index (χ0n) is 9.14. The van der Waals surface area contributed by atoms with Crippen LogP contribution in [0.3, 0.4) is 0 Å². The number of carbonyl (C=O) groups is 1. The third-order valence-corrected chi connectivity index (χ3v) is 1.89. The first kappa shape index (κ1) is 12.0. The summed E-state index contributed by atoms with van der Waals surface area (Å²) in [6.45, 7) is -0.0281. The molecular formula is C11H13NO4. The van der Waals surface area contributed by atoms with Crippen molar-refractivity contribution < 1.29 is 19.4 Å². The zero-order valence-corrected chi connectivity index (χ0v) is 9.14. The van der Waals surface area contributed by atoms with Crippen LogP contribution >= 0.6 is 0 Å². The maximum Gasteiger partial charge on any atom is 0.327 e. The highest BCUT2D eigenvalue weighted by molar-refractivity contribution is 5.83. The van der Waals surface area contributed by atoms with Crippen molar-refractivity contribution in [1.29, 1.82) is 0 Å². The predicted molar refractivity (Wildman–Crippen MR) is 59.1 cm³/mol. The number of methoxy groups -OCH3 is 2. The van der Waals surface area contributed by atoms with Crippen molar-refractivity contribution in [2.75, 3.05) is 20.8 Å². The largest absolute Gasteiger partial charge is 0.504 e. The molecule has 1 aromatic carbocycles. The van der Waals surface area contributed by atoms with Gasteiger partial charge < -0.3 is 14.6 Å². The van der Waals surface area contributed by atoms with Gasteiger partial charge in [-0.2, -0.15) is 0 Å². The number of aliphatic imine (C=N–C) groups is 1. The van der Waals surface area contributed by atoms with E-state index >= 15 is 0 Å². The SMILES string of the molecule is COC(=O)CN=Cc1ccc(O)c(OC)c1. The molecule has 0 saturated heterocycles. The van der Waals surface area contributed by atoms with Crippen LogP contribution < -0.4 is 4.74 Å². The minimum Gasteiger partial charge on any atom is -0.504 e. The summed E-state index contributed by atoms with van der Waals surface area (Å²) < 4.78 is 9.37. The Bertz CT molecular complexity index is 401. The Morgan fingerprint density at radius 1 is 1.50 bits per heavy atom. The van der Waals surface area contributed by atoms with Crippen LogP contribution in [0.2, 0.25) is 0 Å². The molecule has 86 valence electrons. The van der Waals surface area contributed by atoms with Crippen LogP contribution in [-0.2, 0) is 9.53 Å². The van der Waals surface area contributed by atoms with Gasteiger partial charge in [-0.15, -0.1) is 0 Å². The highest BCUT2D eigenvalue weighted by Gasteiger charge is 2.01.